The van der Waals surface area contributed by atoms with Crippen molar-refractivity contribution in [3.8, 4) is 29.0 Å². The molecule has 1 aromatic carbocycles. The number of amides is 1. The summed E-state index contributed by atoms with van der Waals surface area (Å²) < 4.78 is 18.1. The predicted octanol–water partition coefficient (Wildman–Crippen LogP) is 5.79. The van der Waals surface area contributed by atoms with Crippen molar-refractivity contribution in [1.82, 2.24) is 20.1 Å². The fourth-order valence-corrected chi connectivity index (χ4v) is 4.55. The summed E-state index contributed by atoms with van der Waals surface area (Å²) in [6.07, 6.45) is 3.90. The van der Waals surface area contributed by atoms with Gasteiger partial charge in [0, 0.05) is 23.9 Å². The topological polar surface area (TPSA) is 128 Å². The number of hydrogen-bond acceptors (Lipinski definition) is 8. The quantitative estimate of drug-likeness (QED) is 0.379. The number of nitrogens with zero attached hydrogens (tertiary/aromatic N) is 4. The number of rotatable bonds is 7. The van der Waals surface area contributed by atoms with Crippen molar-refractivity contribution in [3.63, 3.8) is 0 Å². The molecule has 10 heteroatoms. The van der Waals surface area contributed by atoms with Gasteiger partial charge in [0.05, 0.1) is 12.6 Å². The first-order chi connectivity index (χ1) is 18.7. The maximum atomic E-state index is 13.0. The molecule has 1 N–H and O–H groups in total. The second-order valence-corrected chi connectivity index (χ2v) is 10.3. The molecular formula is C29H33N5O5. The Kier molecular flexibility index (Phi) is 8.49. The van der Waals surface area contributed by atoms with Crippen LogP contribution in [-0.2, 0) is 9.47 Å². The summed E-state index contributed by atoms with van der Waals surface area (Å²) in [5, 5.41) is 17.8. The first-order valence-corrected chi connectivity index (χ1v) is 13.1. The zero-order valence-electron chi connectivity index (χ0n) is 22.6. The van der Waals surface area contributed by atoms with Gasteiger partial charge in [0.2, 0.25) is 5.88 Å². The molecule has 1 amide bonds. The van der Waals surface area contributed by atoms with Crippen molar-refractivity contribution in [2.24, 2.45) is 0 Å². The van der Waals surface area contributed by atoms with Crippen molar-refractivity contribution in [2.75, 3.05) is 6.61 Å². The van der Waals surface area contributed by atoms with Crippen LogP contribution in [0.3, 0.4) is 0 Å². The molecule has 2 heterocycles. The first kappa shape index (κ1) is 27.6. The number of carbonyl (C=O) groups excluding carboxylic acids is 2. The predicted molar refractivity (Wildman–Crippen MR) is 143 cm³/mol. The van der Waals surface area contributed by atoms with Gasteiger partial charge in [-0.2, -0.15) is 10.4 Å². The van der Waals surface area contributed by atoms with Gasteiger partial charge >= 0.3 is 12.1 Å². The van der Waals surface area contributed by atoms with Crippen LogP contribution in [0.1, 0.15) is 75.5 Å². The van der Waals surface area contributed by atoms with Crippen LogP contribution in [0.5, 0.6) is 11.6 Å². The number of alkyl carbamates (subject to hydrolysis) is 1. The summed E-state index contributed by atoms with van der Waals surface area (Å²) in [5.74, 6) is 0.460. The van der Waals surface area contributed by atoms with E-state index in [1.165, 1.54) is 0 Å². The molecule has 0 saturated heterocycles. The summed E-state index contributed by atoms with van der Waals surface area (Å²) >= 11 is 0. The Bertz CT molecular complexity index is 1330. The molecule has 1 aliphatic carbocycles. The van der Waals surface area contributed by atoms with E-state index in [1.807, 2.05) is 26.8 Å². The van der Waals surface area contributed by atoms with Crippen molar-refractivity contribution in [3.05, 3.63) is 59.9 Å². The van der Waals surface area contributed by atoms with E-state index in [9.17, 15) is 14.9 Å². The highest BCUT2D eigenvalue weighted by Crippen LogP contribution is 2.35. The Morgan fingerprint density at radius 2 is 1.82 bits per heavy atom. The lowest BCUT2D eigenvalue weighted by molar-refractivity contribution is 0.0487. The van der Waals surface area contributed by atoms with E-state index in [1.54, 1.807) is 54.2 Å². The fourth-order valence-electron chi connectivity index (χ4n) is 4.55. The monoisotopic (exact) mass is 531 g/mol. The first-order valence-electron chi connectivity index (χ1n) is 13.1. The zero-order valence-corrected chi connectivity index (χ0v) is 22.6. The molecular weight excluding hydrogens is 498 g/mol. The van der Waals surface area contributed by atoms with E-state index in [-0.39, 0.29) is 29.9 Å². The van der Waals surface area contributed by atoms with E-state index in [4.69, 9.17) is 19.3 Å². The molecule has 0 spiro atoms. The van der Waals surface area contributed by atoms with Crippen LogP contribution in [0.4, 0.5) is 4.79 Å². The Labute approximate surface area is 227 Å². The maximum absolute atomic E-state index is 13.0. The zero-order chi connectivity index (χ0) is 28.0. The average Bonchev–Trinajstić information content (AvgIpc) is 3.29. The highest BCUT2D eigenvalue weighted by molar-refractivity contribution is 5.93. The number of esters is 1. The highest BCUT2D eigenvalue weighted by atomic mass is 16.6. The molecule has 3 aromatic rings. The second kappa shape index (κ2) is 12.0. The number of aromatic nitrogens is 3. The number of hydrogen-bond donors (Lipinski definition) is 1. The molecule has 1 saturated carbocycles. The van der Waals surface area contributed by atoms with Gasteiger partial charge in [-0.3, -0.25) is 4.68 Å². The standard InChI is InChI=1S/C29H33N5O5/c1-5-37-27(35)26-23(18-30)25(19-9-15-22(16-10-19)38-24-8-6-7-17-31-24)33-34(26)21-13-11-20(12-14-21)32-28(36)39-29(2,3)4/h6-10,15-17,20-21H,5,11-14H2,1-4H3,(H,32,36). The third kappa shape index (κ3) is 6.93. The third-order valence-corrected chi connectivity index (χ3v) is 6.24. The molecule has 0 unspecified atom stereocenters. The largest absolute Gasteiger partial charge is 0.461 e. The minimum Gasteiger partial charge on any atom is -0.461 e. The van der Waals surface area contributed by atoms with E-state index < -0.39 is 17.7 Å². The number of nitrogens with one attached hydrogen (secondary N) is 1. The summed E-state index contributed by atoms with van der Waals surface area (Å²) in [7, 11) is 0. The van der Waals surface area contributed by atoms with Crippen LogP contribution < -0.4 is 10.1 Å². The van der Waals surface area contributed by atoms with Gasteiger partial charge in [-0.05, 0) is 83.7 Å². The van der Waals surface area contributed by atoms with Gasteiger partial charge in [0.1, 0.15) is 28.7 Å². The van der Waals surface area contributed by atoms with Gasteiger partial charge in [0.15, 0.2) is 5.69 Å². The van der Waals surface area contributed by atoms with Crippen molar-refractivity contribution < 1.29 is 23.8 Å². The molecule has 10 nitrogen and oxygen atoms in total. The molecule has 39 heavy (non-hydrogen) atoms. The molecule has 0 radical (unpaired) electrons. The molecule has 1 fully saturated rings. The molecule has 204 valence electrons. The molecule has 2 aromatic heterocycles. The van der Waals surface area contributed by atoms with Gasteiger partial charge in [-0.15, -0.1) is 0 Å². The van der Waals surface area contributed by atoms with Crippen molar-refractivity contribution >= 4 is 12.1 Å². The lowest BCUT2D eigenvalue weighted by atomic mass is 9.91. The average molecular weight is 532 g/mol. The number of carbonyl (C=O) groups is 2. The van der Waals surface area contributed by atoms with Crippen molar-refractivity contribution in [2.45, 2.75) is 71.1 Å². The number of benzene rings is 1. The van der Waals surface area contributed by atoms with Crippen LogP contribution in [0, 0.1) is 11.3 Å². The van der Waals surface area contributed by atoms with E-state index in [0.717, 1.165) is 0 Å². The van der Waals surface area contributed by atoms with Crippen LogP contribution >= 0.6 is 0 Å². The van der Waals surface area contributed by atoms with Gasteiger partial charge in [-0.1, -0.05) is 6.07 Å². The molecule has 0 aliphatic heterocycles. The van der Waals surface area contributed by atoms with Gasteiger partial charge < -0.3 is 19.5 Å². The summed E-state index contributed by atoms with van der Waals surface area (Å²) in [6, 6.07) is 14.5. The van der Waals surface area contributed by atoms with Crippen LogP contribution in [0.15, 0.2) is 48.7 Å². The molecule has 0 atom stereocenters. The molecule has 4 rings (SSSR count). The Morgan fingerprint density at radius 3 is 2.41 bits per heavy atom. The fraction of sp³-hybridized carbons (Fsp3) is 0.414. The lowest BCUT2D eigenvalue weighted by Gasteiger charge is -2.30. The second-order valence-electron chi connectivity index (χ2n) is 10.3. The maximum Gasteiger partial charge on any atom is 0.407 e. The Hall–Kier alpha value is -4.39. The van der Waals surface area contributed by atoms with Gasteiger partial charge in [0.25, 0.3) is 0 Å². The summed E-state index contributed by atoms with van der Waals surface area (Å²) in [6.45, 7) is 7.37. The number of ether oxygens (including phenoxy) is 3. The minimum atomic E-state index is -0.586. The van der Waals surface area contributed by atoms with Crippen molar-refractivity contribution in [1.29, 1.82) is 5.26 Å². The third-order valence-electron chi connectivity index (χ3n) is 6.24. The highest BCUT2D eigenvalue weighted by Gasteiger charge is 2.32. The summed E-state index contributed by atoms with van der Waals surface area (Å²) in [5.41, 5.74) is 0.814. The number of nitriles is 1. The Balaban J connectivity index is 1.56. The summed E-state index contributed by atoms with van der Waals surface area (Å²) in [4.78, 5) is 29.4. The minimum absolute atomic E-state index is 0.0424. The van der Waals surface area contributed by atoms with E-state index >= 15 is 0 Å². The molecule has 0 bridgehead atoms. The van der Waals surface area contributed by atoms with E-state index in [2.05, 4.69) is 16.4 Å². The molecule has 1 aliphatic rings. The van der Waals surface area contributed by atoms with Crippen LogP contribution in [0.2, 0.25) is 0 Å². The Morgan fingerprint density at radius 1 is 1.10 bits per heavy atom. The number of pyridine rings is 1. The van der Waals surface area contributed by atoms with Gasteiger partial charge in [-0.25, -0.2) is 14.6 Å². The smallest absolute Gasteiger partial charge is 0.407 e. The SMILES string of the molecule is CCOC(=O)c1c(C#N)c(-c2ccc(Oc3ccccn3)cc2)nn1C1CCC(NC(=O)OC(C)(C)C)CC1. The van der Waals surface area contributed by atoms with Crippen LogP contribution in [0.25, 0.3) is 11.3 Å². The van der Waals surface area contributed by atoms with E-state index in [0.29, 0.717) is 48.6 Å². The normalized spacial score (nSPS) is 17.1. The van der Waals surface area contributed by atoms with Crippen LogP contribution in [-0.4, -0.2) is 45.1 Å². The lowest BCUT2D eigenvalue weighted by Crippen LogP contribution is -2.41.